The minimum absolute atomic E-state index is 0.0464. The van der Waals surface area contributed by atoms with Crippen LogP contribution in [0.15, 0.2) is 24.3 Å². The Morgan fingerprint density at radius 2 is 0.842 bits per heavy atom. The summed E-state index contributed by atoms with van der Waals surface area (Å²) in [6.07, 6.45) is 16.3. The zero-order chi connectivity index (χ0) is 25.5. The van der Waals surface area contributed by atoms with E-state index in [0.29, 0.717) is 13.2 Å². The van der Waals surface area contributed by atoms with E-state index in [9.17, 15) is 10.2 Å². The van der Waals surface area contributed by atoms with Crippen LogP contribution >= 0.6 is 0 Å². The molecule has 2 aromatic carbocycles. The molecule has 2 aromatic rings. The van der Waals surface area contributed by atoms with Gasteiger partial charge < -0.3 is 19.7 Å². The molecule has 4 nitrogen and oxygen atoms in total. The number of hydrogen-bond acceptors (Lipinski definition) is 4. The standard InChI is InChI=1S/C34H44O4/c35-1-3-37-31-13-27-12-30(34-18-24-8-25(19-34)10-26(9-24)20-34)32(38-4-2-36)14-28(27)11-29(31)33-15-21-5-22(16-33)7-23(6-21)17-33/h11-14,21-26,35-36H,1-10,15-20H2. The summed E-state index contributed by atoms with van der Waals surface area (Å²) < 4.78 is 12.7. The van der Waals surface area contributed by atoms with Crippen LogP contribution in [0.1, 0.15) is 88.2 Å². The lowest BCUT2D eigenvalue weighted by atomic mass is 9.47. The van der Waals surface area contributed by atoms with Crippen LogP contribution < -0.4 is 9.47 Å². The third-order valence-corrected chi connectivity index (χ3v) is 12.0. The van der Waals surface area contributed by atoms with E-state index in [1.807, 2.05) is 0 Å². The van der Waals surface area contributed by atoms with Crippen molar-refractivity contribution in [3.63, 3.8) is 0 Å². The molecule has 0 spiro atoms. The topological polar surface area (TPSA) is 58.9 Å². The van der Waals surface area contributed by atoms with Gasteiger partial charge in [-0.25, -0.2) is 0 Å². The van der Waals surface area contributed by atoms with E-state index in [1.165, 1.54) is 98.9 Å². The molecule has 0 aromatic heterocycles. The first-order valence-electron chi connectivity index (χ1n) is 15.6. The molecular weight excluding hydrogens is 472 g/mol. The van der Waals surface area contributed by atoms with Gasteiger partial charge >= 0.3 is 0 Å². The van der Waals surface area contributed by atoms with Crippen molar-refractivity contribution in [1.29, 1.82) is 0 Å². The Labute approximate surface area is 227 Å². The van der Waals surface area contributed by atoms with Crippen molar-refractivity contribution in [2.24, 2.45) is 35.5 Å². The van der Waals surface area contributed by atoms with Crippen molar-refractivity contribution >= 4 is 10.8 Å². The lowest BCUT2D eigenvalue weighted by molar-refractivity contribution is -0.00675. The molecule has 204 valence electrons. The van der Waals surface area contributed by atoms with Gasteiger partial charge in [-0.2, -0.15) is 0 Å². The predicted octanol–water partition coefficient (Wildman–Crippen LogP) is 6.52. The Kier molecular flexibility index (Phi) is 5.61. The zero-order valence-electron chi connectivity index (χ0n) is 22.8. The van der Waals surface area contributed by atoms with Crippen molar-refractivity contribution in [3.8, 4) is 11.5 Å². The fraction of sp³-hybridized carbons (Fsp3) is 0.706. The van der Waals surface area contributed by atoms with Crippen LogP contribution in [0, 0.1) is 35.5 Å². The molecule has 8 aliphatic carbocycles. The van der Waals surface area contributed by atoms with Crippen LogP contribution in [0.3, 0.4) is 0 Å². The molecule has 8 aliphatic rings. The first-order chi connectivity index (χ1) is 18.5. The summed E-state index contributed by atoms with van der Waals surface area (Å²) in [6.45, 7) is 0.796. The average Bonchev–Trinajstić information content (AvgIpc) is 2.88. The fourth-order valence-electron chi connectivity index (χ4n) is 11.6. The molecule has 8 saturated carbocycles. The maximum absolute atomic E-state index is 9.66. The van der Waals surface area contributed by atoms with Crippen LogP contribution in [0.2, 0.25) is 0 Å². The lowest BCUT2D eigenvalue weighted by Crippen LogP contribution is -2.48. The van der Waals surface area contributed by atoms with Gasteiger partial charge in [0.2, 0.25) is 0 Å². The van der Waals surface area contributed by atoms with Gasteiger partial charge in [0, 0.05) is 11.1 Å². The fourth-order valence-corrected chi connectivity index (χ4v) is 11.6. The third-order valence-electron chi connectivity index (χ3n) is 12.0. The highest BCUT2D eigenvalue weighted by Gasteiger charge is 2.54. The Morgan fingerprint density at radius 3 is 1.13 bits per heavy atom. The molecule has 0 unspecified atom stereocenters. The van der Waals surface area contributed by atoms with E-state index < -0.39 is 0 Å². The molecule has 0 heterocycles. The van der Waals surface area contributed by atoms with E-state index in [-0.39, 0.29) is 24.0 Å². The SMILES string of the molecule is OCCOc1cc2cc(C34CC5CC(CC(C5)C3)C4)c(OCCO)cc2cc1C12CC3CC(CC(C3)C1)C2. The van der Waals surface area contributed by atoms with Crippen LogP contribution in [0.4, 0.5) is 0 Å². The van der Waals surface area contributed by atoms with Crippen molar-refractivity contribution in [1.82, 2.24) is 0 Å². The van der Waals surface area contributed by atoms with Crippen LogP contribution in [0.25, 0.3) is 10.8 Å². The Balaban J connectivity index is 1.26. The summed E-state index contributed by atoms with van der Waals surface area (Å²) in [5.41, 5.74) is 3.21. The van der Waals surface area contributed by atoms with Gasteiger partial charge in [0.05, 0.1) is 13.2 Å². The maximum atomic E-state index is 9.66. The third kappa shape index (κ3) is 3.76. The molecule has 8 bridgehead atoms. The summed E-state index contributed by atoms with van der Waals surface area (Å²) in [4.78, 5) is 0. The second kappa shape index (κ2) is 8.86. The summed E-state index contributed by atoms with van der Waals surface area (Å²) in [5.74, 6) is 7.21. The Morgan fingerprint density at radius 1 is 0.526 bits per heavy atom. The molecular formula is C34H44O4. The Hall–Kier alpha value is -1.78. The summed E-state index contributed by atoms with van der Waals surface area (Å²) in [5, 5.41) is 21.8. The van der Waals surface area contributed by atoms with E-state index in [0.717, 1.165) is 47.0 Å². The van der Waals surface area contributed by atoms with Gasteiger partial charge in [-0.1, -0.05) is 0 Å². The molecule has 38 heavy (non-hydrogen) atoms. The van der Waals surface area contributed by atoms with Crippen molar-refractivity contribution in [2.75, 3.05) is 26.4 Å². The highest BCUT2D eigenvalue weighted by molar-refractivity contribution is 5.88. The molecule has 10 rings (SSSR count). The first kappa shape index (κ1) is 24.1. The number of hydrogen-bond donors (Lipinski definition) is 2. The number of fused-ring (bicyclic) bond motifs is 1. The number of ether oxygens (including phenoxy) is 2. The number of benzene rings is 2. The zero-order valence-corrected chi connectivity index (χ0v) is 22.8. The van der Waals surface area contributed by atoms with E-state index in [4.69, 9.17) is 9.47 Å². The number of rotatable bonds is 8. The van der Waals surface area contributed by atoms with E-state index >= 15 is 0 Å². The second-order valence-electron chi connectivity index (χ2n) is 14.6. The highest BCUT2D eigenvalue weighted by Crippen LogP contribution is 2.64. The van der Waals surface area contributed by atoms with Gasteiger partial charge in [-0.3, -0.25) is 0 Å². The van der Waals surface area contributed by atoms with Crippen LogP contribution in [0.5, 0.6) is 11.5 Å². The van der Waals surface area contributed by atoms with Gasteiger partial charge in [0.25, 0.3) is 0 Å². The van der Waals surface area contributed by atoms with Crippen LogP contribution in [-0.2, 0) is 10.8 Å². The minimum atomic E-state index is 0.0464. The maximum Gasteiger partial charge on any atom is 0.123 e. The van der Waals surface area contributed by atoms with Gasteiger partial charge in [-0.05, 0) is 158 Å². The smallest absolute Gasteiger partial charge is 0.123 e. The summed E-state index contributed by atoms with van der Waals surface area (Å²) >= 11 is 0. The molecule has 0 atom stereocenters. The van der Waals surface area contributed by atoms with Gasteiger partial charge in [0.1, 0.15) is 24.7 Å². The normalized spacial score (nSPS) is 40.3. The molecule has 8 fully saturated rings. The number of aliphatic hydroxyl groups excluding tert-OH is 2. The molecule has 2 N–H and O–H groups in total. The van der Waals surface area contributed by atoms with Gasteiger partial charge in [0.15, 0.2) is 0 Å². The van der Waals surface area contributed by atoms with Crippen molar-refractivity contribution in [3.05, 3.63) is 35.4 Å². The number of aliphatic hydroxyl groups is 2. The van der Waals surface area contributed by atoms with Crippen molar-refractivity contribution in [2.45, 2.75) is 87.9 Å². The van der Waals surface area contributed by atoms with E-state index in [1.54, 1.807) is 0 Å². The Bertz CT molecular complexity index is 1060. The van der Waals surface area contributed by atoms with Crippen molar-refractivity contribution < 1.29 is 19.7 Å². The molecule has 0 saturated heterocycles. The molecule has 4 heteroatoms. The monoisotopic (exact) mass is 516 g/mol. The highest BCUT2D eigenvalue weighted by atomic mass is 16.5. The molecule has 0 radical (unpaired) electrons. The largest absolute Gasteiger partial charge is 0.491 e. The second-order valence-corrected chi connectivity index (χ2v) is 14.6. The molecule has 0 aliphatic heterocycles. The summed E-state index contributed by atoms with van der Waals surface area (Å²) in [7, 11) is 0. The van der Waals surface area contributed by atoms with Gasteiger partial charge in [-0.15, -0.1) is 0 Å². The molecule has 0 amide bonds. The first-order valence-corrected chi connectivity index (χ1v) is 15.6. The lowest BCUT2D eigenvalue weighted by Gasteiger charge is -2.57. The quantitative estimate of drug-likeness (QED) is 0.420. The summed E-state index contributed by atoms with van der Waals surface area (Å²) in [6, 6.07) is 9.48. The predicted molar refractivity (Wildman–Crippen MR) is 149 cm³/mol. The van der Waals surface area contributed by atoms with Crippen LogP contribution in [-0.4, -0.2) is 36.6 Å². The average molecular weight is 517 g/mol. The minimum Gasteiger partial charge on any atom is -0.491 e. The van der Waals surface area contributed by atoms with E-state index in [2.05, 4.69) is 24.3 Å².